The lowest BCUT2D eigenvalue weighted by molar-refractivity contribution is 0.0947. The summed E-state index contributed by atoms with van der Waals surface area (Å²) in [5.74, 6) is -0.0172. The van der Waals surface area contributed by atoms with Gasteiger partial charge in [-0.25, -0.2) is 0 Å². The molecule has 0 aliphatic carbocycles. The van der Waals surface area contributed by atoms with Crippen molar-refractivity contribution in [1.82, 2.24) is 9.88 Å². The number of carbonyl (C=O) groups excluding carboxylic acids is 1. The van der Waals surface area contributed by atoms with Crippen molar-refractivity contribution < 1.29 is 9.90 Å². The average molecular weight is 233 g/mol. The van der Waals surface area contributed by atoms with Crippen LogP contribution in [0.15, 0.2) is 24.3 Å². The number of nitrogens with zero attached hydrogens (tertiary/aromatic N) is 1. The summed E-state index contributed by atoms with van der Waals surface area (Å²) in [6.45, 7) is 0.841. The summed E-state index contributed by atoms with van der Waals surface area (Å²) < 4.78 is 1.68. The quantitative estimate of drug-likeness (QED) is 0.725. The summed E-state index contributed by atoms with van der Waals surface area (Å²) in [6.07, 6.45) is 0. The molecular weight excluding hydrogens is 218 g/mol. The Morgan fingerprint density at radius 3 is 2.94 bits per heavy atom. The third kappa shape index (κ3) is 1.97. The molecule has 2 rings (SSSR count). The van der Waals surface area contributed by atoms with Crippen molar-refractivity contribution in [3.8, 4) is 5.75 Å². The van der Waals surface area contributed by atoms with Crippen LogP contribution in [0.25, 0.3) is 10.9 Å². The Bertz CT molecular complexity index is 560. The van der Waals surface area contributed by atoms with Crippen LogP contribution < -0.4 is 11.1 Å². The van der Waals surface area contributed by atoms with Crippen LogP contribution in [0.2, 0.25) is 0 Å². The third-order valence-corrected chi connectivity index (χ3v) is 2.70. The Morgan fingerprint density at radius 1 is 1.53 bits per heavy atom. The van der Waals surface area contributed by atoms with E-state index in [4.69, 9.17) is 5.73 Å². The number of hydrogen-bond acceptors (Lipinski definition) is 3. The number of aryl methyl sites for hydroxylation is 1. The van der Waals surface area contributed by atoms with Gasteiger partial charge in [-0.1, -0.05) is 12.1 Å². The summed E-state index contributed by atoms with van der Waals surface area (Å²) in [7, 11) is 1.75. The molecule has 1 aromatic heterocycles. The minimum absolute atomic E-state index is 0.169. The first-order valence-electron chi connectivity index (χ1n) is 5.41. The second kappa shape index (κ2) is 4.47. The summed E-state index contributed by atoms with van der Waals surface area (Å²) in [5.41, 5.74) is 6.50. The topological polar surface area (TPSA) is 80.3 Å². The van der Waals surface area contributed by atoms with Crippen molar-refractivity contribution >= 4 is 16.8 Å². The number of para-hydroxylation sites is 1. The standard InChI is InChI=1S/C12H15N3O2/c1-15-9(12(17)14-6-5-13)7-8-3-2-4-10(16)11(8)15/h2-4,7,16H,5-6,13H2,1H3,(H,14,17). The molecule has 4 N–H and O–H groups in total. The second-order valence-electron chi connectivity index (χ2n) is 3.85. The fraction of sp³-hybridized carbons (Fsp3) is 0.250. The Balaban J connectivity index is 2.46. The number of phenols is 1. The van der Waals surface area contributed by atoms with Crippen LogP contribution in [0.3, 0.4) is 0 Å². The first-order valence-corrected chi connectivity index (χ1v) is 5.41. The van der Waals surface area contributed by atoms with Gasteiger partial charge in [-0.05, 0) is 12.1 Å². The van der Waals surface area contributed by atoms with E-state index in [1.807, 2.05) is 6.07 Å². The number of carbonyl (C=O) groups is 1. The molecular formula is C12H15N3O2. The van der Waals surface area contributed by atoms with Crippen LogP contribution in [-0.4, -0.2) is 28.7 Å². The first kappa shape index (κ1) is 11.5. The zero-order chi connectivity index (χ0) is 12.4. The summed E-state index contributed by atoms with van der Waals surface area (Å²) in [4.78, 5) is 11.8. The normalized spacial score (nSPS) is 10.7. The largest absolute Gasteiger partial charge is 0.506 e. The minimum Gasteiger partial charge on any atom is -0.506 e. The van der Waals surface area contributed by atoms with Gasteiger partial charge < -0.3 is 20.7 Å². The summed E-state index contributed by atoms with van der Waals surface area (Å²) in [6, 6.07) is 6.96. The van der Waals surface area contributed by atoms with Crippen LogP contribution in [0.1, 0.15) is 10.5 Å². The van der Waals surface area contributed by atoms with Gasteiger partial charge in [0, 0.05) is 25.5 Å². The fourth-order valence-electron chi connectivity index (χ4n) is 1.89. The number of nitrogens with two attached hydrogens (primary N) is 1. The van der Waals surface area contributed by atoms with E-state index >= 15 is 0 Å². The number of rotatable bonds is 3. The lowest BCUT2D eigenvalue weighted by atomic mass is 10.2. The van der Waals surface area contributed by atoms with Crippen molar-refractivity contribution in [1.29, 1.82) is 0 Å². The SMILES string of the molecule is Cn1c(C(=O)NCCN)cc2cccc(O)c21. The summed E-state index contributed by atoms with van der Waals surface area (Å²) in [5, 5.41) is 13.3. The number of aromatic nitrogens is 1. The van der Waals surface area contributed by atoms with Gasteiger partial charge >= 0.3 is 0 Å². The zero-order valence-electron chi connectivity index (χ0n) is 9.60. The van der Waals surface area contributed by atoms with Gasteiger partial charge in [0.2, 0.25) is 0 Å². The van der Waals surface area contributed by atoms with E-state index in [-0.39, 0.29) is 11.7 Å². The molecule has 0 unspecified atom stereocenters. The van der Waals surface area contributed by atoms with Crippen LogP contribution in [-0.2, 0) is 7.05 Å². The van der Waals surface area contributed by atoms with Crippen molar-refractivity contribution in [3.63, 3.8) is 0 Å². The highest BCUT2D eigenvalue weighted by atomic mass is 16.3. The van der Waals surface area contributed by atoms with Gasteiger partial charge in [0.15, 0.2) is 0 Å². The highest BCUT2D eigenvalue weighted by molar-refractivity contribution is 6.00. The van der Waals surface area contributed by atoms with Crippen LogP contribution in [0.5, 0.6) is 5.75 Å². The number of benzene rings is 1. The van der Waals surface area contributed by atoms with Crippen molar-refractivity contribution in [2.45, 2.75) is 0 Å². The number of fused-ring (bicyclic) bond motifs is 1. The average Bonchev–Trinajstić information content (AvgIpc) is 2.65. The Hall–Kier alpha value is -2.01. The van der Waals surface area contributed by atoms with Crippen LogP contribution in [0, 0.1) is 0 Å². The molecule has 2 aromatic rings. The van der Waals surface area contributed by atoms with Crippen molar-refractivity contribution in [3.05, 3.63) is 30.0 Å². The van der Waals surface area contributed by atoms with E-state index in [9.17, 15) is 9.90 Å². The molecule has 0 aliphatic rings. The van der Waals surface area contributed by atoms with Crippen molar-refractivity contribution in [2.75, 3.05) is 13.1 Å². The highest BCUT2D eigenvalue weighted by Gasteiger charge is 2.14. The van der Waals surface area contributed by atoms with E-state index < -0.39 is 0 Å². The molecule has 0 radical (unpaired) electrons. The number of amides is 1. The molecule has 0 atom stereocenters. The van der Waals surface area contributed by atoms with Gasteiger partial charge in [0.1, 0.15) is 11.4 Å². The molecule has 5 nitrogen and oxygen atoms in total. The van der Waals surface area contributed by atoms with E-state index in [1.165, 1.54) is 0 Å². The molecule has 0 saturated heterocycles. The predicted molar refractivity (Wildman–Crippen MR) is 66.0 cm³/mol. The summed E-state index contributed by atoms with van der Waals surface area (Å²) >= 11 is 0. The lowest BCUT2D eigenvalue weighted by Gasteiger charge is -2.05. The Labute approximate surface area is 98.8 Å². The number of hydrogen-bond donors (Lipinski definition) is 3. The van der Waals surface area contributed by atoms with E-state index in [1.54, 1.807) is 29.8 Å². The molecule has 0 bridgehead atoms. The maximum Gasteiger partial charge on any atom is 0.267 e. The van der Waals surface area contributed by atoms with Crippen LogP contribution >= 0.6 is 0 Å². The maximum absolute atomic E-state index is 11.8. The number of nitrogens with one attached hydrogen (secondary N) is 1. The molecule has 90 valence electrons. The van der Waals surface area contributed by atoms with Crippen molar-refractivity contribution in [2.24, 2.45) is 12.8 Å². The first-order chi connectivity index (χ1) is 8.15. The number of aromatic hydroxyl groups is 1. The lowest BCUT2D eigenvalue weighted by Crippen LogP contribution is -2.30. The minimum atomic E-state index is -0.187. The van der Waals surface area contributed by atoms with Gasteiger partial charge in [0.05, 0.1) is 5.52 Å². The van der Waals surface area contributed by atoms with E-state index in [0.29, 0.717) is 24.3 Å². The monoisotopic (exact) mass is 233 g/mol. The highest BCUT2D eigenvalue weighted by Crippen LogP contribution is 2.26. The third-order valence-electron chi connectivity index (χ3n) is 2.70. The molecule has 0 aliphatic heterocycles. The van der Waals surface area contributed by atoms with Gasteiger partial charge in [0.25, 0.3) is 5.91 Å². The Kier molecular flexibility index (Phi) is 3.01. The predicted octanol–water partition coefficient (Wildman–Crippen LogP) is 0.572. The second-order valence-corrected chi connectivity index (χ2v) is 3.85. The smallest absolute Gasteiger partial charge is 0.267 e. The maximum atomic E-state index is 11.8. The zero-order valence-corrected chi connectivity index (χ0v) is 9.60. The molecule has 1 amide bonds. The van der Waals surface area contributed by atoms with Gasteiger partial charge in [-0.15, -0.1) is 0 Å². The molecule has 5 heteroatoms. The van der Waals surface area contributed by atoms with Crippen LogP contribution in [0.4, 0.5) is 0 Å². The molecule has 0 saturated carbocycles. The number of phenolic OH excluding ortho intramolecular Hbond substituents is 1. The fourth-order valence-corrected chi connectivity index (χ4v) is 1.89. The Morgan fingerprint density at radius 2 is 2.29 bits per heavy atom. The molecule has 0 spiro atoms. The molecule has 0 fully saturated rings. The van der Waals surface area contributed by atoms with Gasteiger partial charge in [-0.2, -0.15) is 0 Å². The molecule has 1 heterocycles. The molecule has 1 aromatic carbocycles. The van der Waals surface area contributed by atoms with Gasteiger partial charge in [-0.3, -0.25) is 4.79 Å². The molecule has 17 heavy (non-hydrogen) atoms. The van der Waals surface area contributed by atoms with E-state index in [0.717, 1.165) is 5.39 Å². The van der Waals surface area contributed by atoms with E-state index in [2.05, 4.69) is 5.32 Å².